The smallest absolute Gasteiger partial charge is 0.416 e. The summed E-state index contributed by atoms with van der Waals surface area (Å²) in [5.41, 5.74) is 0.976. The number of anilines is 1. The second-order valence-electron chi connectivity index (χ2n) is 12.5. The third kappa shape index (κ3) is 6.73. The maximum Gasteiger partial charge on any atom is 0.416 e. The van der Waals surface area contributed by atoms with Crippen LogP contribution in [-0.2, 0) is 22.3 Å². The molecule has 1 fully saturated rings. The number of H-pyrrole nitrogens is 1. The molecular formula is C34H38ClF3N8O5. The molecule has 1 saturated carbocycles. The van der Waals surface area contributed by atoms with E-state index in [1.807, 2.05) is 26.8 Å². The molecule has 7 rings (SSSR count). The Hall–Kier alpha value is -4.70. The van der Waals surface area contributed by atoms with Crippen LogP contribution >= 0.6 is 11.6 Å². The van der Waals surface area contributed by atoms with Crippen LogP contribution in [0.5, 0.6) is 5.75 Å². The summed E-state index contributed by atoms with van der Waals surface area (Å²) in [6.07, 6.45) is -1.01. The number of nitrogens with zero attached hydrogens (tertiary/aromatic N) is 6. The van der Waals surface area contributed by atoms with Crippen LogP contribution in [0.25, 0.3) is 11.4 Å². The van der Waals surface area contributed by atoms with E-state index >= 15 is 0 Å². The molecule has 3 atom stereocenters. The molecule has 272 valence electrons. The molecular weight excluding hydrogens is 693 g/mol. The standard InChI is InChI=1S/C32H32ClF3N8O5.C2H6/c1-3-42(30(48)25-27(46)15(2)39-40-25)9-6-18-19-13-20(19)26-24(18)29(47)44-31(38-28(41-44)16-7-10-49-11-8-16)43(26)14-23(45)37-22-5-4-17(12-21(22)33)32(34,35)36;1-2/h4-5,7,12,18-20,46H,3,6,8-11,13-14H2,1-2H3,(H,37,45)(H,39,40);1-2H3. The first-order chi connectivity index (χ1) is 24.4. The Morgan fingerprint density at radius 3 is 2.65 bits per heavy atom. The van der Waals surface area contributed by atoms with Crippen molar-refractivity contribution in [2.75, 3.05) is 31.6 Å². The highest BCUT2D eigenvalue weighted by atomic mass is 35.5. The van der Waals surface area contributed by atoms with Gasteiger partial charge in [-0.3, -0.25) is 19.5 Å². The number of aromatic hydroxyl groups is 1. The summed E-state index contributed by atoms with van der Waals surface area (Å²) in [5, 5.41) is 23.7. The highest BCUT2D eigenvalue weighted by molar-refractivity contribution is 6.33. The van der Waals surface area contributed by atoms with Crippen LogP contribution in [0.2, 0.25) is 5.02 Å². The van der Waals surface area contributed by atoms with Crippen molar-refractivity contribution >= 4 is 40.5 Å². The van der Waals surface area contributed by atoms with Gasteiger partial charge in [-0.15, -0.1) is 5.10 Å². The molecule has 2 amide bonds. The predicted molar refractivity (Wildman–Crippen MR) is 182 cm³/mol. The third-order valence-electron chi connectivity index (χ3n) is 9.53. The molecule has 4 heterocycles. The lowest BCUT2D eigenvalue weighted by atomic mass is 9.95. The van der Waals surface area contributed by atoms with Gasteiger partial charge < -0.3 is 24.6 Å². The zero-order valence-corrected chi connectivity index (χ0v) is 29.2. The Labute approximate surface area is 295 Å². The van der Waals surface area contributed by atoms with Crippen LogP contribution in [0.3, 0.4) is 0 Å². The molecule has 0 spiro atoms. The number of carbonyl (C=O) groups excluding carboxylic acids is 2. The number of amides is 2. The van der Waals surface area contributed by atoms with Gasteiger partial charge in [0.2, 0.25) is 11.7 Å². The van der Waals surface area contributed by atoms with Crippen molar-refractivity contribution in [3.8, 4) is 5.75 Å². The Morgan fingerprint density at radius 2 is 2.02 bits per heavy atom. The summed E-state index contributed by atoms with van der Waals surface area (Å²) in [6.45, 7) is 8.58. The fourth-order valence-electron chi connectivity index (χ4n) is 6.97. The molecule has 3 aromatic heterocycles. The van der Waals surface area contributed by atoms with Crippen molar-refractivity contribution in [2.45, 2.75) is 71.5 Å². The van der Waals surface area contributed by atoms with Crippen LogP contribution < -0.4 is 10.9 Å². The monoisotopic (exact) mass is 730 g/mol. The number of aryl methyl sites for hydroxylation is 1. The third-order valence-corrected chi connectivity index (χ3v) is 9.84. The number of alkyl halides is 3. The van der Waals surface area contributed by atoms with E-state index < -0.39 is 23.6 Å². The highest BCUT2D eigenvalue weighted by Crippen LogP contribution is 2.63. The van der Waals surface area contributed by atoms with Crippen molar-refractivity contribution in [2.24, 2.45) is 5.92 Å². The number of rotatable bonds is 9. The minimum atomic E-state index is -4.60. The van der Waals surface area contributed by atoms with E-state index in [1.54, 1.807) is 16.4 Å². The lowest BCUT2D eigenvalue weighted by molar-refractivity contribution is -0.137. The van der Waals surface area contributed by atoms with Crippen LogP contribution in [0.4, 0.5) is 18.9 Å². The van der Waals surface area contributed by atoms with Crippen molar-refractivity contribution in [3.63, 3.8) is 0 Å². The molecule has 0 radical (unpaired) electrons. The molecule has 1 aliphatic heterocycles. The van der Waals surface area contributed by atoms with E-state index in [0.29, 0.717) is 61.9 Å². The number of nitrogens with one attached hydrogen (secondary N) is 2. The molecule has 17 heteroatoms. The Kier molecular flexibility index (Phi) is 10.0. The van der Waals surface area contributed by atoms with E-state index in [4.69, 9.17) is 21.3 Å². The number of aromatic nitrogens is 6. The van der Waals surface area contributed by atoms with Gasteiger partial charge in [-0.2, -0.15) is 27.8 Å². The lowest BCUT2D eigenvalue weighted by Crippen LogP contribution is -2.34. The molecule has 3 N–H and O–H groups in total. The SMILES string of the molecule is CC.CCN(CCC1c2c(n(CC(=O)Nc3ccc(C(F)(F)F)cc3Cl)c3nc(C4=CCOCC4)nn3c2=O)C2CC12)C(=O)c1[nH]nc(C)c1O. The number of halogens is 4. The predicted octanol–water partition coefficient (Wildman–Crippen LogP) is 5.52. The summed E-state index contributed by atoms with van der Waals surface area (Å²) in [6, 6.07) is 2.68. The maximum absolute atomic E-state index is 14.2. The molecule has 3 unspecified atom stereocenters. The van der Waals surface area contributed by atoms with Gasteiger partial charge in [-0.25, -0.2) is 0 Å². The van der Waals surface area contributed by atoms with E-state index in [9.17, 15) is 32.7 Å². The first-order valence-corrected chi connectivity index (χ1v) is 17.2. The Balaban J connectivity index is 0.00000220. The van der Waals surface area contributed by atoms with E-state index in [-0.39, 0.29) is 57.8 Å². The number of aromatic amines is 1. The van der Waals surface area contributed by atoms with Gasteiger partial charge in [0, 0.05) is 30.3 Å². The number of hydrogen-bond acceptors (Lipinski definition) is 8. The van der Waals surface area contributed by atoms with Crippen molar-refractivity contribution in [3.05, 3.63) is 73.7 Å². The fraction of sp³-hybridized carbons (Fsp3) is 0.471. The van der Waals surface area contributed by atoms with Crippen molar-refractivity contribution in [1.82, 2.24) is 34.3 Å². The van der Waals surface area contributed by atoms with E-state index in [0.717, 1.165) is 30.2 Å². The first-order valence-electron chi connectivity index (χ1n) is 16.9. The molecule has 13 nitrogen and oxygen atoms in total. The maximum atomic E-state index is 14.2. The van der Waals surface area contributed by atoms with Gasteiger partial charge in [0.1, 0.15) is 12.2 Å². The minimum Gasteiger partial charge on any atom is -0.504 e. The lowest BCUT2D eigenvalue weighted by Gasteiger charge is -2.23. The zero-order valence-electron chi connectivity index (χ0n) is 28.5. The van der Waals surface area contributed by atoms with E-state index in [1.165, 1.54) is 4.52 Å². The molecule has 2 aliphatic carbocycles. The second-order valence-corrected chi connectivity index (χ2v) is 12.9. The van der Waals surface area contributed by atoms with Crippen LogP contribution in [0.15, 0.2) is 29.1 Å². The minimum absolute atomic E-state index is 0.00346. The second kappa shape index (κ2) is 14.1. The van der Waals surface area contributed by atoms with Gasteiger partial charge >= 0.3 is 6.18 Å². The highest BCUT2D eigenvalue weighted by Gasteiger charge is 2.55. The number of carbonyl (C=O) groups is 2. The quantitative estimate of drug-likeness (QED) is 0.203. The van der Waals surface area contributed by atoms with E-state index in [2.05, 4.69) is 20.6 Å². The van der Waals surface area contributed by atoms with Gasteiger partial charge in [-0.1, -0.05) is 31.5 Å². The van der Waals surface area contributed by atoms with Gasteiger partial charge in [0.15, 0.2) is 17.3 Å². The number of ether oxygens (including phenoxy) is 1. The Bertz CT molecular complexity index is 2090. The van der Waals surface area contributed by atoms with Crippen LogP contribution in [0, 0.1) is 12.8 Å². The average Bonchev–Trinajstić information content (AvgIpc) is 3.46. The molecule has 4 aromatic rings. The largest absolute Gasteiger partial charge is 0.504 e. The average molecular weight is 731 g/mol. The number of fused-ring (bicyclic) bond motifs is 4. The number of hydrogen-bond donors (Lipinski definition) is 3. The molecule has 0 saturated heterocycles. The molecule has 3 aliphatic rings. The molecule has 51 heavy (non-hydrogen) atoms. The summed E-state index contributed by atoms with van der Waals surface area (Å²) >= 11 is 6.12. The van der Waals surface area contributed by atoms with Gasteiger partial charge in [0.25, 0.3) is 11.5 Å². The van der Waals surface area contributed by atoms with Gasteiger partial charge in [-0.05, 0) is 68.7 Å². The van der Waals surface area contributed by atoms with Gasteiger partial charge in [0.05, 0.1) is 29.5 Å². The fourth-order valence-corrected chi connectivity index (χ4v) is 7.19. The summed E-state index contributed by atoms with van der Waals surface area (Å²) in [5.74, 6) is -0.878. The normalized spacial score (nSPS) is 19.1. The molecule has 0 bridgehead atoms. The van der Waals surface area contributed by atoms with Crippen molar-refractivity contribution < 1.29 is 32.6 Å². The Morgan fingerprint density at radius 1 is 1.25 bits per heavy atom. The number of benzene rings is 1. The molecule has 1 aromatic carbocycles. The summed E-state index contributed by atoms with van der Waals surface area (Å²) in [4.78, 5) is 47.2. The summed E-state index contributed by atoms with van der Waals surface area (Å²) < 4.78 is 47.8. The van der Waals surface area contributed by atoms with Crippen LogP contribution in [-0.4, -0.2) is 77.5 Å². The first kappa shape index (κ1) is 36.1. The van der Waals surface area contributed by atoms with Crippen molar-refractivity contribution in [1.29, 1.82) is 0 Å². The summed E-state index contributed by atoms with van der Waals surface area (Å²) in [7, 11) is 0. The topological polar surface area (TPSA) is 160 Å². The zero-order chi connectivity index (χ0) is 36.8. The van der Waals surface area contributed by atoms with Crippen LogP contribution in [0.1, 0.15) is 90.7 Å².